The predicted molar refractivity (Wildman–Crippen MR) is 71.1 cm³/mol. The molecule has 2 N–H and O–H groups in total. The lowest BCUT2D eigenvalue weighted by atomic mass is 9.79. The average Bonchev–Trinajstić information content (AvgIpc) is 2.27. The number of benzene rings is 1. The van der Waals surface area contributed by atoms with Gasteiger partial charge in [-0.1, -0.05) is 37.6 Å². The van der Waals surface area contributed by atoms with Crippen molar-refractivity contribution in [1.29, 1.82) is 0 Å². The Morgan fingerprint density at radius 3 is 2.88 bits per heavy atom. The Morgan fingerprint density at radius 1 is 1.41 bits per heavy atom. The monoisotopic (exact) mass is 233 g/mol. The zero-order valence-electron chi connectivity index (χ0n) is 10.7. The van der Waals surface area contributed by atoms with Gasteiger partial charge < -0.3 is 10.5 Å². The molecule has 2 nitrogen and oxygen atoms in total. The summed E-state index contributed by atoms with van der Waals surface area (Å²) >= 11 is 0. The molecule has 0 radical (unpaired) electrons. The van der Waals surface area contributed by atoms with Crippen molar-refractivity contribution in [2.45, 2.75) is 44.6 Å². The van der Waals surface area contributed by atoms with Gasteiger partial charge in [0.1, 0.15) is 0 Å². The maximum atomic E-state index is 6.14. The molecule has 1 unspecified atom stereocenters. The standard InChI is InChI=1S/C15H23NO/c1-2-9-17-11-15(16)14-8-4-7-13(10-14)12-5-3-6-12/h4,7-8,10,12,15H,2-3,5-6,9,11,16H2,1H3. The van der Waals surface area contributed by atoms with Gasteiger partial charge in [-0.3, -0.25) is 0 Å². The lowest BCUT2D eigenvalue weighted by Crippen LogP contribution is -2.18. The molecule has 0 aromatic heterocycles. The van der Waals surface area contributed by atoms with Crippen LogP contribution in [0, 0.1) is 0 Å². The van der Waals surface area contributed by atoms with Gasteiger partial charge in [-0.25, -0.2) is 0 Å². The quantitative estimate of drug-likeness (QED) is 0.764. The molecule has 0 spiro atoms. The first-order valence-electron chi connectivity index (χ1n) is 6.74. The SMILES string of the molecule is CCCOCC(N)c1cccc(C2CCC2)c1. The van der Waals surface area contributed by atoms with Crippen LogP contribution < -0.4 is 5.73 Å². The van der Waals surface area contributed by atoms with Crippen molar-refractivity contribution in [3.8, 4) is 0 Å². The fourth-order valence-electron chi connectivity index (χ4n) is 2.24. The summed E-state index contributed by atoms with van der Waals surface area (Å²) in [4.78, 5) is 0. The number of hydrogen-bond donors (Lipinski definition) is 1. The highest BCUT2D eigenvalue weighted by Crippen LogP contribution is 2.36. The summed E-state index contributed by atoms with van der Waals surface area (Å²) in [6.07, 6.45) is 5.10. The maximum absolute atomic E-state index is 6.14. The first kappa shape index (κ1) is 12.6. The van der Waals surface area contributed by atoms with E-state index in [0.29, 0.717) is 6.61 Å². The minimum Gasteiger partial charge on any atom is -0.379 e. The first-order chi connectivity index (χ1) is 8.31. The molecule has 1 atom stereocenters. The topological polar surface area (TPSA) is 35.2 Å². The lowest BCUT2D eigenvalue weighted by Gasteiger charge is -2.26. The largest absolute Gasteiger partial charge is 0.379 e. The summed E-state index contributed by atoms with van der Waals surface area (Å²) in [5, 5.41) is 0. The van der Waals surface area contributed by atoms with E-state index in [1.165, 1.54) is 30.4 Å². The molecule has 1 aromatic carbocycles. The molecule has 2 rings (SSSR count). The molecule has 2 heteroatoms. The molecule has 0 aliphatic heterocycles. The smallest absolute Gasteiger partial charge is 0.0659 e. The Labute approximate surface area is 104 Å². The fraction of sp³-hybridized carbons (Fsp3) is 0.600. The van der Waals surface area contributed by atoms with E-state index in [2.05, 4.69) is 31.2 Å². The molecule has 94 valence electrons. The second-order valence-electron chi connectivity index (χ2n) is 4.98. The van der Waals surface area contributed by atoms with E-state index in [9.17, 15) is 0 Å². The van der Waals surface area contributed by atoms with Gasteiger partial charge in [0.05, 0.1) is 12.6 Å². The summed E-state index contributed by atoms with van der Waals surface area (Å²) in [5.41, 5.74) is 8.81. The van der Waals surface area contributed by atoms with E-state index in [-0.39, 0.29) is 6.04 Å². The zero-order valence-corrected chi connectivity index (χ0v) is 10.7. The highest BCUT2D eigenvalue weighted by molar-refractivity contribution is 5.29. The lowest BCUT2D eigenvalue weighted by molar-refractivity contribution is 0.121. The van der Waals surface area contributed by atoms with Gasteiger partial charge in [-0.05, 0) is 36.3 Å². The zero-order chi connectivity index (χ0) is 12.1. The maximum Gasteiger partial charge on any atom is 0.0659 e. The molecule has 1 aliphatic carbocycles. The number of ether oxygens (including phenoxy) is 1. The van der Waals surface area contributed by atoms with Crippen LogP contribution in [-0.2, 0) is 4.74 Å². The van der Waals surface area contributed by atoms with Crippen molar-refractivity contribution >= 4 is 0 Å². The molecule has 1 aliphatic rings. The molecule has 1 saturated carbocycles. The van der Waals surface area contributed by atoms with Gasteiger partial charge in [0, 0.05) is 6.61 Å². The molecular weight excluding hydrogens is 210 g/mol. The molecule has 1 aromatic rings. The van der Waals surface area contributed by atoms with Crippen LogP contribution in [0.1, 0.15) is 55.7 Å². The van der Waals surface area contributed by atoms with Gasteiger partial charge in [0.2, 0.25) is 0 Å². The van der Waals surface area contributed by atoms with Crippen LogP contribution in [0.15, 0.2) is 24.3 Å². The molecule has 0 saturated heterocycles. The van der Waals surface area contributed by atoms with Crippen molar-refractivity contribution in [2.24, 2.45) is 5.73 Å². The average molecular weight is 233 g/mol. The summed E-state index contributed by atoms with van der Waals surface area (Å²) in [7, 11) is 0. The molecule has 0 bridgehead atoms. The van der Waals surface area contributed by atoms with Crippen LogP contribution in [-0.4, -0.2) is 13.2 Å². The Balaban J connectivity index is 1.94. The van der Waals surface area contributed by atoms with Crippen molar-refractivity contribution < 1.29 is 4.74 Å². The fourth-order valence-corrected chi connectivity index (χ4v) is 2.24. The number of rotatable bonds is 6. The Kier molecular flexibility index (Phi) is 4.57. The second kappa shape index (κ2) is 6.18. The third kappa shape index (κ3) is 3.30. The number of hydrogen-bond acceptors (Lipinski definition) is 2. The van der Waals surface area contributed by atoms with Crippen molar-refractivity contribution in [1.82, 2.24) is 0 Å². The third-order valence-corrected chi connectivity index (χ3v) is 3.56. The van der Waals surface area contributed by atoms with Crippen LogP contribution in [0.5, 0.6) is 0 Å². The third-order valence-electron chi connectivity index (χ3n) is 3.56. The van der Waals surface area contributed by atoms with E-state index < -0.39 is 0 Å². The van der Waals surface area contributed by atoms with Crippen molar-refractivity contribution in [2.75, 3.05) is 13.2 Å². The van der Waals surface area contributed by atoms with Gasteiger partial charge in [-0.2, -0.15) is 0 Å². The molecule has 0 heterocycles. The van der Waals surface area contributed by atoms with Gasteiger partial charge in [0.15, 0.2) is 0 Å². The molecule has 0 amide bonds. The van der Waals surface area contributed by atoms with Crippen LogP contribution in [0.2, 0.25) is 0 Å². The van der Waals surface area contributed by atoms with Gasteiger partial charge >= 0.3 is 0 Å². The molecule has 17 heavy (non-hydrogen) atoms. The van der Waals surface area contributed by atoms with Gasteiger partial charge in [-0.15, -0.1) is 0 Å². The van der Waals surface area contributed by atoms with E-state index >= 15 is 0 Å². The number of nitrogens with two attached hydrogens (primary N) is 1. The summed E-state index contributed by atoms with van der Waals surface area (Å²) in [5.74, 6) is 0.777. The molecular formula is C15H23NO. The first-order valence-corrected chi connectivity index (χ1v) is 6.74. The van der Waals surface area contributed by atoms with Crippen LogP contribution in [0.3, 0.4) is 0 Å². The van der Waals surface area contributed by atoms with E-state index in [1.807, 2.05) is 0 Å². The summed E-state index contributed by atoms with van der Waals surface area (Å²) in [6.45, 7) is 3.54. The summed E-state index contributed by atoms with van der Waals surface area (Å²) in [6, 6.07) is 8.75. The van der Waals surface area contributed by atoms with Crippen molar-refractivity contribution in [3.05, 3.63) is 35.4 Å². The minimum atomic E-state index is 0.0153. The van der Waals surface area contributed by atoms with Crippen molar-refractivity contribution in [3.63, 3.8) is 0 Å². The van der Waals surface area contributed by atoms with Crippen LogP contribution in [0.25, 0.3) is 0 Å². The Bertz CT molecular complexity index is 347. The highest BCUT2D eigenvalue weighted by atomic mass is 16.5. The normalized spacial score (nSPS) is 17.8. The van der Waals surface area contributed by atoms with E-state index in [1.54, 1.807) is 0 Å². The van der Waals surface area contributed by atoms with E-state index in [0.717, 1.165) is 18.9 Å². The van der Waals surface area contributed by atoms with Crippen LogP contribution in [0.4, 0.5) is 0 Å². The predicted octanol–water partition coefficient (Wildman–Crippen LogP) is 3.38. The van der Waals surface area contributed by atoms with E-state index in [4.69, 9.17) is 10.5 Å². The van der Waals surface area contributed by atoms with Gasteiger partial charge in [0.25, 0.3) is 0 Å². The molecule has 1 fully saturated rings. The Morgan fingerprint density at radius 2 is 2.24 bits per heavy atom. The Hall–Kier alpha value is -0.860. The summed E-state index contributed by atoms with van der Waals surface area (Å²) < 4.78 is 5.51. The minimum absolute atomic E-state index is 0.0153. The second-order valence-corrected chi connectivity index (χ2v) is 4.98. The highest BCUT2D eigenvalue weighted by Gasteiger charge is 2.20. The van der Waals surface area contributed by atoms with Crippen LogP contribution >= 0.6 is 0 Å².